The summed E-state index contributed by atoms with van der Waals surface area (Å²) in [5.41, 5.74) is -1.82. The minimum atomic E-state index is -1.85. The Morgan fingerprint density at radius 1 is 0.652 bits per heavy atom. The van der Waals surface area contributed by atoms with Gasteiger partial charge in [0.15, 0.2) is 18.9 Å². The second-order valence-electron chi connectivity index (χ2n) is 22.4. The molecule has 19 nitrogen and oxygen atoms in total. The largest absolute Gasteiger partial charge is 0.394 e. The smallest absolute Gasteiger partial charge is 0.187 e. The van der Waals surface area contributed by atoms with Crippen molar-refractivity contribution >= 4 is 0 Å². The zero-order valence-electron chi connectivity index (χ0n) is 39.4. The van der Waals surface area contributed by atoms with Crippen molar-refractivity contribution in [3.8, 4) is 0 Å². The van der Waals surface area contributed by atoms with Crippen molar-refractivity contribution in [1.82, 2.24) is 0 Å². The Morgan fingerprint density at radius 3 is 1.77 bits per heavy atom. The first-order valence-electron chi connectivity index (χ1n) is 24.1. The van der Waals surface area contributed by atoms with E-state index in [0.29, 0.717) is 51.4 Å². The molecule has 0 aromatic heterocycles. The summed E-state index contributed by atoms with van der Waals surface area (Å²) in [6, 6.07) is 0. The van der Waals surface area contributed by atoms with Crippen LogP contribution in [-0.4, -0.2) is 202 Å². The van der Waals surface area contributed by atoms with Crippen LogP contribution in [0.2, 0.25) is 0 Å². The molecule has 26 atom stereocenters. The van der Waals surface area contributed by atoms with Gasteiger partial charge in [0, 0.05) is 0 Å². The van der Waals surface area contributed by atoms with Crippen molar-refractivity contribution in [2.24, 2.45) is 45.8 Å². The molecular formula is C47H80O19. The van der Waals surface area contributed by atoms with Crippen LogP contribution in [-0.2, 0) is 28.4 Å². The lowest BCUT2D eigenvalue weighted by Crippen LogP contribution is -2.69. The van der Waals surface area contributed by atoms with E-state index in [-0.39, 0.29) is 29.6 Å². The molecule has 66 heavy (non-hydrogen) atoms. The maximum absolute atomic E-state index is 12.6. The topological polar surface area (TPSA) is 318 Å². The van der Waals surface area contributed by atoms with E-state index in [0.717, 1.165) is 5.57 Å². The molecule has 0 spiro atoms. The van der Waals surface area contributed by atoms with Crippen LogP contribution in [0.25, 0.3) is 0 Å². The van der Waals surface area contributed by atoms with Crippen molar-refractivity contribution in [2.45, 2.75) is 216 Å². The number of ether oxygens (including phenoxy) is 6. The summed E-state index contributed by atoms with van der Waals surface area (Å²) in [6.45, 7) is 12.2. The van der Waals surface area contributed by atoms with E-state index in [1.54, 1.807) is 0 Å². The Labute approximate surface area is 387 Å². The monoisotopic (exact) mass is 949 g/mol. The van der Waals surface area contributed by atoms with E-state index < -0.39 is 152 Å². The highest BCUT2D eigenvalue weighted by Gasteiger charge is 2.71. The van der Waals surface area contributed by atoms with E-state index in [1.165, 1.54) is 0 Å². The van der Waals surface area contributed by atoms with Crippen molar-refractivity contribution < 1.29 is 94.8 Å². The second-order valence-corrected chi connectivity index (χ2v) is 22.4. The quantitative estimate of drug-likeness (QED) is 0.0742. The molecule has 7 aliphatic rings. The minimum absolute atomic E-state index is 0.0778. The molecule has 0 aromatic rings. The van der Waals surface area contributed by atoms with Crippen LogP contribution >= 0.6 is 0 Å². The number of hydrogen-bond donors (Lipinski definition) is 13. The maximum atomic E-state index is 12.6. The van der Waals surface area contributed by atoms with Gasteiger partial charge in [-0.15, -0.1) is 0 Å². The summed E-state index contributed by atoms with van der Waals surface area (Å²) in [4.78, 5) is 0. The van der Waals surface area contributed by atoms with Crippen LogP contribution in [0, 0.1) is 45.8 Å². The van der Waals surface area contributed by atoms with Crippen molar-refractivity contribution in [2.75, 3.05) is 19.8 Å². The fourth-order valence-corrected chi connectivity index (χ4v) is 14.5. The molecule has 3 heterocycles. The first-order chi connectivity index (χ1) is 30.9. The normalized spacial score (nSPS) is 52.4. The van der Waals surface area contributed by atoms with Gasteiger partial charge in [-0.25, -0.2) is 0 Å². The fraction of sp³-hybridized carbons (Fsp3) is 0.957. The zero-order chi connectivity index (χ0) is 48.6. The number of allylic oxidation sites excluding steroid dienone is 2. The lowest BCUT2D eigenvalue weighted by atomic mass is 9.37. The first-order valence-corrected chi connectivity index (χ1v) is 24.1. The van der Waals surface area contributed by atoms with Gasteiger partial charge >= 0.3 is 0 Å². The number of rotatable bonds is 13. The minimum Gasteiger partial charge on any atom is -0.394 e. The third-order valence-corrected chi connectivity index (χ3v) is 17.9. The van der Waals surface area contributed by atoms with Gasteiger partial charge in [-0.1, -0.05) is 39.3 Å². The second kappa shape index (κ2) is 19.9. The van der Waals surface area contributed by atoms with Gasteiger partial charge in [0.05, 0.1) is 43.7 Å². The first kappa shape index (κ1) is 52.8. The molecule has 4 saturated carbocycles. The molecule has 26 unspecified atom stereocenters. The molecule has 0 aromatic carbocycles. The van der Waals surface area contributed by atoms with Gasteiger partial charge in [-0.05, 0) is 118 Å². The van der Waals surface area contributed by atoms with Gasteiger partial charge in [-0.3, -0.25) is 0 Å². The van der Waals surface area contributed by atoms with Crippen LogP contribution in [0.5, 0.6) is 0 Å². The summed E-state index contributed by atoms with van der Waals surface area (Å²) < 4.78 is 37.7. The van der Waals surface area contributed by atoms with Gasteiger partial charge < -0.3 is 94.8 Å². The summed E-state index contributed by atoms with van der Waals surface area (Å²) in [5, 5.41) is 142. The van der Waals surface area contributed by atoms with Gasteiger partial charge in [-0.2, -0.15) is 0 Å². The van der Waals surface area contributed by atoms with Crippen LogP contribution in [0.4, 0.5) is 0 Å². The molecule has 3 saturated heterocycles. The van der Waals surface area contributed by atoms with E-state index in [2.05, 4.69) is 19.9 Å². The lowest BCUT2D eigenvalue weighted by molar-refractivity contribution is -0.382. The Morgan fingerprint density at radius 2 is 1.20 bits per heavy atom. The van der Waals surface area contributed by atoms with Crippen LogP contribution in [0.3, 0.4) is 0 Å². The number of fused-ring (bicyclic) bond motifs is 5. The van der Waals surface area contributed by atoms with Crippen molar-refractivity contribution in [1.29, 1.82) is 0 Å². The summed E-state index contributed by atoms with van der Waals surface area (Å²) in [6.07, 6.45) is -19.7. The maximum Gasteiger partial charge on any atom is 0.187 e. The van der Waals surface area contributed by atoms with Gasteiger partial charge in [0.1, 0.15) is 73.2 Å². The third kappa shape index (κ3) is 9.11. The molecule has 0 amide bonds. The SMILES string of the molecule is CC(C)=CCCC(C)(OC1OC(CO)C(O)C(O)C1O)C1CCC2C1C(O)CC1C2(C)CC(OC2OC(CO)C(O)C(O)C2OC2OC(CO)C(O)C(O)C2O)C2C(C)(C)C(O)CCC21C. The van der Waals surface area contributed by atoms with Gasteiger partial charge in [0.2, 0.25) is 0 Å². The predicted molar refractivity (Wildman–Crippen MR) is 230 cm³/mol. The van der Waals surface area contributed by atoms with E-state index in [4.69, 9.17) is 28.4 Å². The number of hydrogen-bond acceptors (Lipinski definition) is 19. The Hall–Kier alpha value is -1.02. The molecule has 4 aliphatic carbocycles. The molecular weight excluding hydrogens is 868 g/mol. The summed E-state index contributed by atoms with van der Waals surface area (Å²) in [5.74, 6) is -1.21. The number of aliphatic hydroxyl groups is 13. The molecule has 382 valence electrons. The van der Waals surface area contributed by atoms with Crippen LogP contribution < -0.4 is 0 Å². The highest BCUT2D eigenvalue weighted by Crippen LogP contribution is 2.72. The fourth-order valence-electron chi connectivity index (χ4n) is 14.5. The average Bonchev–Trinajstić information content (AvgIpc) is 3.74. The molecule has 0 radical (unpaired) electrons. The van der Waals surface area contributed by atoms with E-state index in [9.17, 15) is 66.4 Å². The van der Waals surface area contributed by atoms with Crippen molar-refractivity contribution in [3.05, 3.63) is 11.6 Å². The molecule has 3 aliphatic heterocycles. The third-order valence-electron chi connectivity index (χ3n) is 17.9. The highest BCUT2D eigenvalue weighted by molar-refractivity contribution is 5.19. The van der Waals surface area contributed by atoms with Crippen LogP contribution in [0.1, 0.15) is 99.8 Å². The van der Waals surface area contributed by atoms with Gasteiger partial charge in [0.25, 0.3) is 0 Å². The Balaban J connectivity index is 1.24. The lowest BCUT2D eigenvalue weighted by Gasteiger charge is -2.69. The standard InChI is InChI=1S/C47H80O19/c1-20(2)9-8-13-47(7,66-42-38(60)35(57)32(54)26(18-49)63-42)22-11-10-21-30(22)23(51)15-28-45(5)14-12-29(52)44(3,4)40(45)24(16-46(21,28)6)61-43-39(36(58)33(55)27(19-50)64-43)65-41-37(59)34(56)31(53)25(17-48)62-41/h9,21-43,48-60H,8,10-19H2,1-7H3. The Bertz CT molecular complexity index is 1660. The molecule has 7 fully saturated rings. The molecule has 7 rings (SSSR count). The zero-order valence-corrected chi connectivity index (χ0v) is 39.4. The van der Waals surface area contributed by atoms with E-state index in [1.807, 2.05) is 34.6 Å². The summed E-state index contributed by atoms with van der Waals surface area (Å²) >= 11 is 0. The summed E-state index contributed by atoms with van der Waals surface area (Å²) in [7, 11) is 0. The molecule has 13 N–H and O–H groups in total. The predicted octanol–water partition coefficient (Wildman–Crippen LogP) is -1.45. The molecule has 0 bridgehead atoms. The van der Waals surface area contributed by atoms with E-state index >= 15 is 0 Å². The van der Waals surface area contributed by atoms with Crippen molar-refractivity contribution in [3.63, 3.8) is 0 Å². The number of aliphatic hydroxyl groups excluding tert-OH is 13. The Kier molecular flexibility index (Phi) is 15.9. The average molecular weight is 949 g/mol. The molecule has 19 heteroatoms. The highest BCUT2D eigenvalue weighted by atomic mass is 16.8. The van der Waals surface area contributed by atoms with Crippen LogP contribution in [0.15, 0.2) is 11.6 Å².